The summed E-state index contributed by atoms with van der Waals surface area (Å²) in [7, 11) is 0. The summed E-state index contributed by atoms with van der Waals surface area (Å²) in [4.78, 5) is 8.19. The van der Waals surface area contributed by atoms with Crippen molar-refractivity contribution in [2.75, 3.05) is 5.73 Å². The molecule has 1 heterocycles. The minimum atomic E-state index is 0.430. The zero-order valence-corrected chi connectivity index (χ0v) is 11.5. The number of benzene rings is 2. The molecule has 0 amide bonds. The molecular formula is C18H15N3. The monoisotopic (exact) mass is 273 g/mol. The van der Waals surface area contributed by atoms with E-state index < -0.39 is 0 Å². The maximum atomic E-state index is 5.51. The molecule has 3 aromatic rings. The fraction of sp³-hybridized carbons (Fsp3) is 0. The van der Waals surface area contributed by atoms with Crippen LogP contribution < -0.4 is 5.73 Å². The third-order valence-electron chi connectivity index (χ3n) is 3.16. The molecule has 21 heavy (non-hydrogen) atoms. The lowest BCUT2D eigenvalue weighted by Gasteiger charge is -2.01. The second-order valence-electron chi connectivity index (χ2n) is 4.69. The second kappa shape index (κ2) is 6.01. The van der Waals surface area contributed by atoms with E-state index in [1.165, 1.54) is 11.1 Å². The predicted octanol–water partition coefficient (Wildman–Crippen LogP) is 3.90. The molecule has 0 bridgehead atoms. The van der Waals surface area contributed by atoms with E-state index in [9.17, 15) is 0 Å². The molecule has 3 nitrogen and oxygen atoms in total. The summed E-state index contributed by atoms with van der Waals surface area (Å²) in [6.07, 6.45) is 7.14. The Balaban J connectivity index is 1.77. The van der Waals surface area contributed by atoms with E-state index >= 15 is 0 Å². The van der Waals surface area contributed by atoms with Crippen LogP contribution in [0.25, 0.3) is 23.3 Å². The maximum Gasteiger partial charge on any atom is 0.141 e. The Kier molecular flexibility index (Phi) is 3.74. The Bertz CT molecular complexity index is 730. The van der Waals surface area contributed by atoms with Gasteiger partial charge in [0.05, 0.1) is 18.1 Å². The van der Waals surface area contributed by atoms with Crippen LogP contribution in [0, 0.1) is 0 Å². The quantitative estimate of drug-likeness (QED) is 0.787. The van der Waals surface area contributed by atoms with Gasteiger partial charge in [0.1, 0.15) is 5.82 Å². The second-order valence-corrected chi connectivity index (χ2v) is 4.69. The molecule has 1 aromatic heterocycles. The summed E-state index contributed by atoms with van der Waals surface area (Å²) in [5.41, 5.74) is 9.84. The number of hydrogen-bond donors (Lipinski definition) is 1. The van der Waals surface area contributed by atoms with Gasteiger partial charge in [-0.2, -0.15) is 0 Å². The van der Waals surface area contributed by atoms with E-state index in [2.05, 4.69) is 46.4 Å². The van der Waals surface area contributed by atoms with Gasteiger partial charge >= 0.3 is 0 Å². The fourth-order valence-electron chi connectivity index (χ4n) is 2.03. The molecule has 3 rings (SSSR count). The summed E-state index contributed by atoms with van der Waals surface area (Å²) in [5, 5.41) is 0. The number of nitrogen functional groups attached to an aromatic ring is 1. The molecule has 0 atom stereocenters. The highest BCUT2D eigenvalue weighted by molar-refractivity contribution is 5.71. The van der Waals surface area contributed by atoms with Crippen LogP contribution in [0.4, 0.5) is 5.82 Å². The molecule has 0 saturated carbocycles. The number of aromatic nitrogens is 2. The third kappa shape index (κ3) is 3.34. The third-order valence-corrected chi connectivity index (χ3v) is 3.16. The van der Waals surface area contributed by atoms with Crippen molar-refractivity contribution >= 4 is 18.0 Å². The standard InChI is InChI=1S/C18H15N3/c19-18-13-20-17(12-21-18)11-8-14-6-9-16(10-7-14)15-4-2-1-3-5-15/h1-13H,(H2,19,21). The highest BCUT2D eigenvalue weighted by Gasteiger charge is 1.96. The van der Waals surface area contributed by atoms with E-state index in [1.807, 2.05) is 30.4 Å². The zero-order chi connectivity index (χ0) is 14.5. The lowest BCUT2D eigenvalue weighted by atomic mass is 10.0. The first-order chi connectivity index (χ1) is 10.3. The smallest absolute Gasteiger partial charge is 0.141 e. The van der Waals surface area contributed by atoms with Crippen LogP contribution >= 0.6 is 0 Å². The van der Waals surface area contributed by atoms with Crippen LogP contribution in [0.15, 0.2) is 67.0 Å². The summed E-state index contributed by atoms with van der Waals surface area (Å²) < 4.78 is 0. The fourth-order valence-corrected chi connectivity index (χ4v) is 2.03. The summed E-state index contributed by atoms with van der Waals surface area (Å²) >= 11 is 0. The van der Waals surface area contributed by atoms with Gasteiger partial charge in [-0.25, -0.2) is 4.98 Å². The zero-order valence-electron chi connectivity index (χ0n) is 11.5. The van der Waals surface area contributed by atoms with Gasteiger partial charge in [-0.3, -0.25) is 4.98 Å². The molecule has 0 spiro atoms. The van der Waals surface area contributed by atoms with Gasteiger partial charge in [0.25, 0.3) is 0 Å². The van der Waals surface area contributed by atoms with Crippen molar-refractivity contribution in [2.24, 2.45) is 0 Å². The minimum Gasteiger partial charge on any atom is -0.382 e. The van der Waals surface area contributed by atoms with Crippen molar-refractivity contribution in [3.05, 3.63) is 78.2 Å². The maximum absolute atomic E-state index is 5.51. The van der Waals surface area contributed by atoms with E-state index in [0.29, 0.717) is 5.82 Å². The van der Waals surface area contributed by atoms with Crippen LogP contribution in [0.3, 0.4) is 0 Å². The summed E-state index contributed by atoms with van der Waals surface area (Å²) in [5.74, 6) is 0.430. The molecule has 0 saturated heterocycles. The highest BCUT2D eigenvalue weighted by atomic mass is 14.9. The number of rotatable bonds is 3. The van der Waals surface area contributed by atoms with Crippen LogP contribution in [0.1, 0.15) is 11.3 Å². The molecular weight excluding hydrogens is 258 g/mol. The number of nitrogens with two attached hydrogens (primary N) is 1. The first kappa shape index (κ1) is 13.1. The van der Waals surface area contributed by atoms with Gasteiger partial charge in [-0.1, -0.05) is 60.7 Å². The van der Waals surface area contributed by atoms with E-state index in [1.54, 1.807) is 12.4 Å². The minimum absolute atomic E-state index is 0.430. The van der Waals surface area contributed by atoms with Gasteiger partial charge in [0.2, 0.25) is 0 Å². The number of anilines is 1. The Morgan fingerprint density at radius 2 is 1.43 bits per heavy atom. The van der Waals surface area contributed by atoms with Gasteiger partial charge in [0, 0.05) is 0 Å². The Hall–Kier alpha value is -2.94. The lowest BCUT2D eigenvalue weighted by Crippen LogP contribution is -1.91. The molecule has 2 aromatic carbocycles. The molecule has 102 valence electrons. The topological polar surface area (TPSA) is 51.8 Å². The highest BCUT2D eigenvalue weighted by Crippen LogP contribution is 2.19. The number of hydrogen-bond acceptors (Lipinski definition) is 3. The average molecular weight is 273 g/mol. The van der Waals surface area contributed by atoms with Crippen molar-refractivity contribution in [1.29, 1.82) is 0 Å². The van der Waals surface area contributed by atoms with Gasteiger partial charge in [0.15, 0.2) is 0 Å². The molecule has 0 aliphatic rings. The van der Waals surface area contributed by atoms with Crippen molar-refractivity contribution in [1.82, 2.24) is 9.97 Å². The van der Waals surface area contributed by atoms with Gasteiger partial charge in [-0.15, -0.1) is 0 Å². The van der Waals surface area contributed by atoms with Gasteiger partial charge in [-0.05, 0) is 22.8 Å². The van der Waals surface area contributed by atoms with Crippen LogP contribution in [-0.2, 0) is 0 Å². The molecule has 0 fully saturated rings. The molecule has 0 aliphatic heterocycles. The van der Waals surface area contributed by atoms with E-state index in [0.717, 1.165) is 11.3 Å². The Morgan fingerprint density at radius 3 is 2.10 bits per heavy atom. The molecule has 0 unspecified atom stereocenters. The van der Waals surface area contributed by atoms with Crippen LogP contribution in [-0.4, -0.2) is 9.97 Å². The number of nitrogens with zero attached hydrogens (tertiary/aromatic N) is 2. The van der Waals surface area contributed by atoms with E-state index in [-0.39, 0.29) is 0 Å². The Morgan fingerprint density at radius 1 is 0.714 bits per heavy atom. The average Bonchev–Trinajstić information content (AvgIpc) is 2.56. The summed E-state index contributed by atoms with van der Waals surface area (Å²) in [6, 6.07) is 18.7. The first-order valence-electron chi connectivity index (χ1n) is 6.72. The largest absolute Gasteiger partial charge is 0.382 e. The summed E-state index contributed by atoms with van der Waals surface area (Å²) in [6.45, 7) is 0. The molecule has 3 heteroatoms. The van der Waals surface area contributed by atoms with Crippen LogP contribution in [0.5, 0.6) is 0 Å². The normalized spacial score (nSPS) is 10.9. The lowest BCUT2D eigenvalue weighted by molar-refractivity contribution is 1.19. The molecule has 2 N–H and O–H groups in total. The van der Waals surface area contributed by atoms with Crippen molar-refractivity contribution in [2.45, 2.75) is 0 Å². The molecule has 0 radical (unpaired) electrons. The first-order valence-corrected chi connectivity index (χ1v) is 6.72. The van der Waals surface area contributed by atoms with Crippen molar-refractivity contribution < 1.29 is 0 Å². The van der Waals surface area contributed by atoms with Crippen molar-refractivity contribution in [3.63, 3.8) is 0 Å². The van der Waals surface area contributed by atoms with E-state index in [4.69, 9.17) is 5.73 Å². The Labute approximate surface area is 123 Å². The molecule has 0 aliphatic carbocycles. The van der Waals surface area contributed by atoms with Crippen molar-refractivity contribution in [3.8, 4) is 11.1 Å². The predicted molar refractivity (Wildman–Crippen MR) is 87.3 cm³/mol. The SMILES string of the molecule is Nc1cnc(C=Cc2ccc(-c3ccccc3)cc2)cn1. The van der Waals surface area contributed by atoms with Crippen LogP contribution in [0.2, 0.25) is 0 Å². The van der Waals surface area contributed by atoms with Gasteiger partial charge < -0.3 is 5.73 Å².